The Morgan fingerprint density at radius 3 is 2.33 bits per heavy atom. The lowest BCUT2D eigenvalue weighted by molar-refractivity contribution is -0.385. The quantitative estimate of drug-likeness (QED) is 0.604. The number of aliphatic hydroxyl groups is 2. The second-order valence-corrected chi connectivity index (χ2v) is 7.11. The number of benzene rings is 1. The first-order chi connectivity index (χ1) is 9.64. The smallest absolute Gasteiger partial charge is 0.275 e. The molecule has 8 nitrogen and oxygen atoms in total. The summed E-state index contributed by atoms with van der Waals surface area (Å²) in [5, 5.41) is 29.8. The van der Waals surface area contributed by atoms with Crippen LogP contribution in [0, 0.1) is 17.0 Å². The van der Waals surface area contributed by atoms with Crippen molar-refractivity contribution in [1.82, 2.24) is 4.31 Å². The first-order valence-electron chi connectivity index (χ1n) is 5.95. The minimum Gasteiger partial charge on any atom is -0.389 e. The van der Waals surface area contributed by atoms with Gasteiger partial charge in [0.1, 0.15) is 0 Å². The van der Waals surface area contributed by atoms with E-state index in [0.717, 1.165) is 16.4 Å². The van der Waals surface area contributed by atoms with Gasteiger partial charge in [0.05, 0.1) is 27.0 Å². The summed E-state index contributed by atoms with van der Waals surface area (Å²) in [4.78, 5) is 9.88. The fourth-order valence-corrected chi connectivity index (χ4v) is 3.86. The number of rotatable bonds is 3. The van der Waals surface area contributed by atoms with Gasteiger partial charge in [-0.2, -0.15) is 4.31 Å². The molecule has 10 heteroatoms. The fourth-order valence-electron chi connectivity index (χ4n) is 2.06. The first kappa shape index (κ1) is 16.1. The maximum absolute atomic E-state index is 12.4. The molecule has 116 valence electrons. The number of sulfonamides is 1. The zero-order chi connectivity index (χ0) is 15.9. The van der Waals surface area contributed by atoms with Crippen LogP contribution in [0.3, 0.4) is 0 Å². The highest BCUT2D eigenvalue weighted by atomic mass is 35.5. The topological polar surface area (TPSA) is 121 Å². The number of nitro benzene ring substituents is 1. The summed E-state index contributed by atoms with van der Waals surface area (Å²) < 4.78 is 25.6. The second kappa shape index (κ2) is 5.50. The Labute approximate surface area is 125 Å². The normalized spacial score (nSPS) is 23.4. The van der Waals surface area contributed by atoms with Crippen molar-refractivity contribution in [3.8, 4) is 0 Å². The molecule has 1 saturated heterocycles. The summed E-state index contributed by atoms with van der Waals surface area (Å²) in [6, 6.07) is 2.05. The van der Waals surface area contributed by atoms with Crippen LogP contribution < -0.4 is 0 Å². The van der Waals surface area contributed by atoms with Gasteiger partial charge in [0.25, 0.3) is 5.69 Å². The molecule has 0 bridgehead atoms. The summed E-state index contributed by atoms with van der Waals surface area (Å²) in [5.41, 5.74) is -0.233. The Balaban J connectivity index is 2.49. The molecule has 2 atom stereocenters. The summed E-state index contributed by atoms with van der Waals surface area (Å²) in [6.07, 6.45) is -2.37. The molecule has 0 aliphatic carbocycles. The zero-order valence-electron chi connectivity index (χ0n) is 10.9. The predicted molar refractivity (Wildman–Crippen MR) is 73.6 cm³/mol. The van der Waals surface area contributed by atoms with Crippen LogP contribution in [0.4, 0.5) is 5.69 Å². The molecule has 0 radical (unpaired) electrons. The average Bonchev–Trinajstić information content (AvgIpc) is 2.73. The highest BCUT2D eigenvalue weighted by molar-refractivity contribution is 7.89. The van der Waals surface area contributed by atoms with Crippen LogP contribution in [-0.2, 0) is 10.0 Å². The third-order valence-corrected chi connectivity index (χ3v) is 5.55. The van der Waals surface area contributed by atoms with Gasteiger partial charge in [0.15, 0.2) is 0 Å². The number of hydrogen-bond acceptors (Lipinski definition) is 6. The molecule has 0 aromatic heterocycles. The zero-order valence-corrected chi connectivity index (χ0v) is 12.5. The third-order valence-electron chi connectivity index (χ3n) is 3.35. The van der Waals surface area contributed by atoms with Gasteiger partial charge in [-0.25, -0.2) is 8.42 Å². The Kier molecular flexibility index (Phi) is 4.22. The molecular weight excluding hydrogens is 324 g/mol. The Morgan fingerprint density at radius 1 is 1.33 bits per heavy atom. The van der Waals surface area contributed by atoms with E-state index in [1.807, 2.05) is 0 Å². The number of aliphatic hydroxyl groups excluding tert-OH is 2. The maximum Gasteiger partial charge on any atom is 0.275 e. The van der Waals surface area contributed by atoms with E-state index in [1.165, 1.54) is 6.92 Å². The summed E-state index contributed by atoms with van der Waals surface area (Å²) in [6.45, 7) is 0.867. The van der Waals surface area contributed by atoms with Crippen LogP contribution >= 0.6 is 11.6 Å². The molecule has 1 fully saturated rings. The lowest BCUT2D eigenvalue weighted by Gasteiger charge is -2.16. The van der Waals surface area contributed by atoms with E-state index in [0.29, 0.717) is 0 Å². The number of β-amino-alcohol motifs (C(OH)–C–C–N with tert-alkyl or cyclic N) is 2. The Hall–Kier alpha value is -1.26. The van der Waals surface area contributed by atoms with Gasteiger partial charge in [-0.1, -0.05) is 11.6 Å². The van der Waals surface area contributed by atoms with Gasteiger partial charge < -0.3 is 10.2 Å². The third kappa shape index (κ3) is 2.87. The van der Waals surface area contributed by atoms with Crippen molar-refractivity contribution in [2.24, 2.45) is 0 Å². The van der Waals surface area contributed by atoms with Crippen molar-refractivity contribution in [3.05, 3.63) is 32.8 Å². The van der Waals surface area contributed by atoms with Crippen LogP contribution in [-0.4, -0.2) is 53.2 Å². The molecule has 2 rings (SSSR count). The van der Waals surface area contributed by atoms with E-state index in [9.17, 15) is 28.7 Å². The van der Waals surface area contributed by atoms with E-state index in [4.69, 9.17) is 11.6 Å². The lowest BCUT2D eigenvalue weighted by Crippen LogP contribution is -2.30. The van der Waals surface area contributed by atoms with Crippen LogP contribution in [0.25, 0.3) is 0 Å². The van der Waals surface area contributed by atoms with Crippen molar-refractivity contribution in [3.63, 3.8) is 0 Å². The van der Waals surface area contributed by atoms with Crippen molar-refractivity contribution in [2.75, 3.05) is 13.1 Å². The molecule has 2 N–H and O–H groups in total. The van der Waals surface area contributed by atoms with E-state index in [2.05, 4.69) is 0 Å². The summed E-state index contributed by atoms with van der Waals surface area (Å²) >= 11 is 5.85. The van der Waals surface area contributed by atoms with Crippen LogP contribution in [0.5, 0.6) is 0 Å². The largest absolute Gasteiger partial charge is 0.389 e. The Bertz CT molecular complexity index is 682. The molecule has 0 amide bonds. The van der Waals surface area contributed by atoms with Crippen molar-refractivity contribution in [1.29, 1.82) is 0 Å². The highest BCUT2D eigenvalue weighted by Crippen LogP contribution is 2.31. The molecule has 1 heterocycles. The SMILES string of the molecule is Cc1c(Cl)cc(S(=O)(=O)N2C[C@@H](O)[C@@H](O)C2)cc1[N+](=O)[O-]. The molecule has 1 aliphatic rings. The van der Waals surface area contributed by atoms with Crippen LogP contribution in [0.15, 0.2) is 17.0 Å². The van der Waals surface area contributed by atoms with E-state index >= 15 is 0 Å². The average molecular weight is 337 g/mol. The van der Waals surface area contributed by atoms with Gasteiger partial charge in [0.2, 0.25) is 10.0 Å². The molecule has 1 aromatic rings. The van der Waals surface area contributed by atoms with Crippen molar-refractivity contribution in [2.45, 2.75) is 24.0 Å². The monoisotopic (exact) mass is 336 g/mol. The standard InChI is InChI=1S/C11H13ClN2O6S/c1-6-8(12)2-7(3-9(6)14(17)18)21(19,20)13-4-10(15)11(16)5-13/h2-3,10-11,15-16H,4-5H2,1H3/t10-,11+. The summed E-state index contributed by atoms with van der Waals surface area (Å²) in [5.74, 6) is 0. The number of nitro groups is 1. The van der Waals surface area contributed by atoms with Gasteiger partial charge >= 0.3 is 0 Å². The number of hydrogen-bond donors (Lipinski definition) is 2. The molecule has 0 unspecified atom stereocenters. The second-order valence-electron chi connectivity index (χ2n) is 4.76. The van der Waals surface area contributed by atoms with Crippen molar-refractivity contribution < 1.29 is 23.6 Å². The molecule has 1 aromatic carbocycles. The molecule has 21 heavy (non-hydrogen) atoms. The van der Waals surface area contributed by atoms with Gasteiger partial charge in [0, 0.05) is 24.7 Å². The minimum absolute atomic E-state index is 0.0388. The molecule has 1 aliphatic heterocycles. The van der Waals surface area contributed by atoms with Gasteiger partial charge in [-0.05, 0) is 13.0 Å². The molecule has 0 spiro atoms. The van der Waals surface area contributed by atoms with E-state index in [-0.39, 0.29) is 28.6 Å². The minimum atomic E-state index is -4.08. The number of nitrogens with zero attached hydrogens (tertiary/aromatic N) is 2. The Morgan fingerprint density at radius 2 is 1.86 bits per heavy atom. The van der Waals surface area contributed by atoms with Crippen LogP contribution in [0.2, 0.25) is 5.02 Å². The lowest BCUT2D eigenvalue weighted by atomic mass is 10.2. The molecule has 0 saturated carbocycles. The summed E-state index contributed by atoms with van der Waals surface area (Å²) in [7, 11) is -4.08. The molecular formula is C11H13ClN2O6S. The van der Waals surface area contributed by atoms with E-state index < -0.39 is 32.8 Å². The van der Waals surface area contributed by atoms with Crippen LogP contribution in [0.1, 0.15) is 5.56 Å². The van der Waals surface area contributed by atoms with Crippen molar-refractivity contribution >= 4 is 27.3 Å². The highest BCUT2D eigenvalue weighted by Gasteiger charge is 2.38. The fraction of sp³-hybridized carbons (Fsp3) is 0.455. The number of halogens is 1. The first-order valence-corrected chi connectivity index (χ1v) is 7.77. The van der Waals surface area contributed by atoms with Gasteiger partial charge in [-0.15, -0.1) is 0 Å². The maximum atomic E-state index is 12.4. The van der Waals surface area contributed by atoms with Gasteiger partial charge in [-0.3, -0.25) is 10.1 Å². The van der Waals surface area contributed by atoms with E-state index in [1.54, 1.807) is 0 Å². The predicted octanol–water partition coefficient (Wildman–Crippen LogP) is 0.283.